The van der Waals surface area contributed by atoms with Crippen molar-refractivity contribution in [1.29, 1.82) is 0 Å². The Hall–Kier alpha value is -1.85. The van der Waals surface area contributed by atoms with Gasteiger partial charge in [0.2, 0.25) is 0 Å². The van der Waals surface area contributed by atoms with E-state index < -0.39 is 9.84 Å². The molecule has 3 aliphatic rings. The van der Waals surface area contributed by atoms with E-state index in [1.807, 2.05) is 30.1 Å². The molecule has 0 bridgehead atoms. The van der Waals surface area contributed by atoms with Gasteiger partial charge in [0.05, 0.1) is 50.7 Å². The third-order valence-corrected chi connectivity index (χ3v) is 9.87. The van der Waals surface area contributed by atoms with E-state index in [0.717, 1.165) is 34.8 Å². The lowest BCUT2D eigenvalue weighted by atomic mass is 9.94. The highest BCUT2D eigenvalue weighted by Crippen LogP contribution is 2.47. The maximum absolute atomic E-state index is 13.3. The predicted molar refractivity (Wildman–Crippen MR) is 130 cm³/mol. The summed E-state index contributed by atoms with van der Waals surface area (Å²) in [5.41, 5.74) is 3.00. The van der Waals surface area contributed by atoms with Gasteiger partial charge in [-0.2, -0.15) is 5.10 Å². The van der Waals surface area contributed by atoms with Crippen LogP contribution in [0.2, 0.25) is 0 Å². The molecule has 9 nitrogen and oxygen atoms in total. The van der Waals surface area contributed by atoms with Crippen LogP contribution in [0.15, 0.2) is 9.79 Å². The Kier molecular flexibility index (Phi) is 5.45. The van der Waals surface area contributed by atoms with Crippen molar-refractivity contribution in [2.45, 2.75) is 76.8 Å². The number of rotatable bonds is 3. The fourth-order valence-corrected chi connectivity index (χ4v) is 8.44. The van der Waals surface area contributed by atoms with Gasteiger partial charge < -0.3 is 4.74 Å². The zero-order valence-corrected chi connectivity index (χ0v) is 21.3. The fourth-order valence-electron chi connectivity index (χ4n) is 5.48. The summed E-state index contributed by atoms with van der Waals surface area (Å²) in [6.45, 7) is 10.7. The van der Waals surface area contributed by atoms with Gasteiger partial charge in [-0.05, 0) is 53.9 Å². The van der Waals surface area contributed by atoms with Crippen LogP contribution >= 0.6 is 11.8 Å². The van der Waals surface area contributed by atoms with Crippen LogP contribution in [-0.4, -0.2) is 56.7 Å². The SMILES string of the molecule is CC1=Nc2c(c(=O)[nH]n2[C@@H]2CCOC(C)(C)C2)[C@@H](c2c(C)nn([C@H]3CCS(=O)(=O)C3)c2C)S1. The van der Waals surface area contributed by atoms with Crippen LogP contribution in [0.4, 0.5) is 5.82 Å². The Balaban J connectivity index is 1.58. The van der Waals surface area contributed by atoms with Crippen molar-refractivity contribution < 1.29 is 13.2 Å². The molecule has 0 aromatic carbocycles. The zero-order valence-electron chi connectivity index (χ0n) is 19.7. The number of sulfone groups is 1. The summed E-state index contributed by atoms with van der Waals surface area (Å²) in [6, 6.07) is -0.0447. The van der Waals surface area contributed by atoms with Crippen LogP contribution in [0.1, 0.15) is 79.9 Å². The Morgan fingerprint density at radius 1 is 1.15 bits per heavy atom. The lowest BCUT2D eigenvalue weighted by Crippen LogP contribution is -2.35. The molecular formula is C22H31N5O4S2. The Morgan fingerprint density at radius 3 is 2.58 bits per heavy atom. The third kappa shape index (κ3) is 4.01. The molecule has 0 unspecified atom stereocenters. The van der Waals surface area contributed by atoms with E-state index in [1.165, 1.54) is 0 Å². The normalized spacial score (nSPS) is 28.5. The Bertz CT molecular complexity index is 1300. The molecule has 3 atom stereocenters. The Labute approximate surface area is 197 Å². The first-order valence-electron chi connectivity index (χ1n) is 11.4. The molecule has 0 radical (unpaired) electrons. The van der Waals surface area contributed by atoms with Crippen LogP contribution < -0.4 is 5.56 Å². The lowest BCUT2D eigenvalue weighted by molar-refractivity contribution is -0.0705. The molecule has 0 aliphatic carbocycles. The average Bonchev–Trinajstić information content (AvgIpc) is 3.33. The zero-order chi connectivity index (χ0) is 23.7. The molecular weight excluding hydrogens is 462 g/mol. The minimum absolute atomic E-state index is 0.110. The molecule has 2 aromatic heterocycles. The highest BCUT2D eigenvalue weighted by molar-refractivity contribution is 8.14. The van der Waals surface area contributed by atoms with E-state index in [9.17, 15) is 13.2 Å². The van der Waals surface area contributed by atoms with Crippen molar-refractivity contribution in [3.8, 4) is 0 Å². The number of hydrogen-bond donors (Lipinski definition) is 1. The van der Waals surface area contributed by atoms with Gasteiger partial charge in [-0.1, -0.05) is 11.8 Å². The first-order valence-corrected chi connectivity index (χ1v) is 14.1. The van der Waals surface area contributed by atoms with Gasteiger partial charge >= 0.3 is 0 Å². The van der Waals surface area contributed by atoms with Crippen LogP contribution in [-0.2, 0) is 14.6 Å². The minimum atomic E-state index is -3.03. The summed E-state index contributed by atoms with van der Waals surface area (Å²) < 4.78 is 33.8. The second-order valence-electron chi connectivity index (χ2n) is 10.0. The van der Waals surface area contributed by atoms with E-state index in [0.29, 0.717) is 24.4 Å². The summed E-state index contributed by atoms with van der Waals surface area (Å²) in [6.07, 6.45) is 2.19. The number of aliphatic imine (C=N–C) groups is 1. The summed E-state index contributed by atoms with van der Waals surface area (Å²) >= 11 is 1.56. The predicted octanol–water partition coefficient (Wildman–Crippen LogP) is 3.37. The van der Waals surface area contributed by atoms with Gasteiger partial charge in [-0.25, -0.2) is 13.4 Å². The molecule has 5 heterocycles. The third-order valence-electron chi connectivity index (χ3n) is 6.98. The summed E-state index contributed by atoms with van der Waals surface area (Å²) in [5, 5.41) is 8.47. The van der Waals surface area contributed by atoms with Gasteiger partial charge in [-0.3, -0.25) is 19.3 Å². The van der Waals surface area contributed by atoms with Crippen molar-refractivity contribution in [2.75, 3.05) is 18.1 Å². The molecule has 5 rings (SSSR count). The molecule has 2 aromatic rings. The molecule has 0 saturated carbocycles. The molecule has 11 heteroatoms. The Morgan fingerprint density at radius 2 is 1.91 bits per heavy atom. The molecule has 1 N–H and O–H groups in total. The van der Waals surface area contributed by atoms with E-state index in [1.54, 1.807) is 11.8 Å². The maximum Gasteiger partial charge on any atom is 0.271 e. The molecule has 33 heavy (non-hydrogen) atoms. The number of fused-ring (bicyclic) bond motifs is 1. The highest BCUT2D eigenvalue weighted by Gasteiger charge is 2.39. The molecule has 0 spiro atoms. The molecule has 2 saturated heterocycles. The summed E-state index contributed by atoms with van der Waals surface area (Å²) in [7, 11) is -3.03. The first kappa shape index (κ1) is 22.9. The highest BCUT2D eigenvalue weighted by atomic mass is 32.2. The van der Waals surface area contributed by atoms with E-state index in [2.05, 4.69) is 18.9 Å². The van der Waals surface area contributed by atoms with E-state index >= 15 is 0 Å². The van der Waals surface area contributed by atoms with Gasteiger partial charge in [-0.15, -0.1) is 0 Å². The van der Waals surface area contributed by atoms with Crippen LogP contribution in [0, 0.1) is 13.8 Å². The second-order valence-corrected chi connectivity index (χ2v) is 13.5. The lowest BCUT2D eigenvalue weighted by Gasteiger charge is -2.36. The van der Waals surface area contributed by atoms with Crippen LogP contribution in [0.5, 0.6) is 0 Å². The smallest absolute Gasteiger partial charge is 0.271 e. The van der Waals surface area contributed by atoms with Gasteiger partial charge in [0, 0.05) is 17.9 Å². The number of aromatic nitrogens is 4. The maximum atomic E-state index is 13.3. The van der Waals surface area contributed by atoms with E-state index in [4.69, 9.17) is 14.8 Å². The largest absolute Gasteiger partial charge is 0.375 e. The van der Waals surface area contributed by atoms with Crippen LogP contribution in [0.3, 0.4) is 0 Å². The number of thioether (sulfide) groups is 1. The van der Waals surface area contributed by atoms with Crippen molar-refractivity contribution in [3.63, 3.8) is 0 Å². The molecule has 0 amide bonds. The van der Waals surface area contributed by atoms with Gasteiger partial charge in [0.25, 0.3) is 5.56 Å². The monoisotopic (exact) mass is 493 g/mol. The number of ether oxygens (including phenoxy) is 1. The van der Waals surface area contributed by atoms with Crippen molar-refractivity contribution in [1.82, 2.24) is 19.6 Å². The fraction of sp³-hybridized carbons (Fsp3) is 0.682. The topological polar surface area (TPSA) is 111 Å². The first-order chi connectivity index (χ1) is 15.5. The van der Waals surface area contributed by atoms with E-state index in [-0.39, 0.29) is 40.0 Å². The van der Waals surface area contributed by atoms with Gasteiger partial charge in [0.1, 0.15) is 0 Å². The summed E-state index contributed by atoms with van der Waals surface area (Å²) in [5.74, 6) is 1.01. The molecule has 180 valence electrons. The van der Waals surface area contributed by atoms with Crippen molar-refractivity contribution >= 4 is 32.5 Å². The number of nitrogens with zero attached hydrogens (tertiary/aromatic N) is 4. The number of aromatic amines is 1. The van der Waals surface area contributed by atoms with Crippen LogP contribution in [0.25, 0.3) is 0 Å². The quantitative estimate of drug-likeness (QED) is 0.702. The number of nitrogens with one attached hydrogen (secondary N) is 1. The number of hydrogen-bond acceptors (Lipinski definition) is 7. The number of H-pyrrole nitrogens is 1. The average molecular weight is 494 g/mol. The van der Waals surface area contributed by atoms with Gasteiger partial charge in [0.15, 0.2) is 15.7 Å². The standard InChI is InChI=1S/C22H31N5O4S2/c1-12-17(13(2)26(24-12)16-7-9-33(29,30)11-16)19-18-20(23-14(3)32-19)27(25-21(18)28)15-6-8-31-22(4,5)10-15/h15-16,19H,6-11H2,1-5H3,(H,25,28)/t15-,16+,19-/m1/s1. The van der Waals surface area contributed by atoms with Crippen molar-refractivity contribution in [2.24, 2.45) is 4.99 Å². The molecule has 2 fully saturated rings. The van der Waals surface area contributed by atoms with Crippen molar-refractivity contribution in [3.05, 3.63) is 32.9 Å². The second kappa shape index (κ2) is 7.84. The molecule has 3 aliphatic heterocycles. The minimum Gasteiger partial charge on any atom is -0.375 e. The summed E-state index contributed by atoms with van der Waals surface area (Å²) in [4.78, 5) is 18.0. The number of aryl methyl sites for hydroxylation is 1.